The third-order valence-corrected chi connectivity index (χ3v) is 9.09. The average molecular weight is 642 g/mol. The molecule has 14 heteroatoms. The summed E-state index contributed by atoms with van der Waals surface area (Å²) in [7, 11) is 0. The summed E-state index contributed by atoms with van der Waals surface area (Å²) in [6.07, 6.45) is 4.14. The van der Waals surface area contributed by atoms with Crippen LogP contribution in [0.5, 0.6) is 0 Å². The van der Waals surface area contributed by atoms with E-state index in [2.05, 4.69) is 4.99 Å². The van der Waals surface area contributed by atoms with Gasteiger partial charge in [0.05, 0.1) is 31.7 Å². The van der Waals surface area contributed by atoms with Crippen LogP contribution in [0.3, 0.4) is 0 Å². The van der Waals surface area contributed by atoms with E-state index in [4.69, 9.17) is 25.1 Å². The topological polar surface area (TPSA) is 181 Å². The van der Waals surface area contributed by atoms with Gasteiger partial charge in [-0.3, -0.25) is 14.5 Å². The van der Waals surface area contributed by atoms with Crippen molar-refractivity contribution in [1.82, 2.24) is 14.7 Å². The number of hydrogen-bond acceptors (Lipinski definition) is 8. The first-order chi connectivity index (χ1) is 22.2. The number of carbonyl (C=O) groups is 5. The molecule has 4 aliphatic rings. The summed E-state index contributed by atoms with van der Waals surface area (Å²) in [5.41, 5.74) is 7.79. The van der Waals surface area contributed by atoms with Gasteiger partial charge in [-0.05, 0) is 24.0 Å². The van der Waals surface area contributed by atoms with Crippen molar-refractivity contribution in [1.29, 1.82) is 0 Å². The van der Waals surface area contributed by atoms with Crippen molar-refractivity contribution >= 4 is 36.3 Å². The van der Waals surface area contributed by atoms with Gasteiger partial charge in [-0.15, -0.1) is 0 Å². The Morgan fingerprint density at radius 3 is 2.35 bits per heavy atom. The van der Waals surface area contributed by atoms with E-state index >= 15 is 0 Å². The molecule has 0 bridgehead atoms. The Labute approximate surface area is 267 Å². The summed E-state index contributed by atoms with van der Waals surface area (Å²) in [5.74, 6) is -1.93. The molecule has 4 aliphatic heterocycles. The molecule has 3 fully saturated rings. The molecular weight excluding hydrogens is 598 g/mol. The summed E-state index contributed by atoms with van der Waals surface area (Å²) >= 11 is 0. The van der Waals surface area contributed by atoms with Crippen LogP contribution in [0.15, 0.2) is 29.3 Å². The predicted molar refractivity (Wildman–Crippen MR) is 164 cm³/mol. The van der Waals surface area contributed by atoms with E-state index in [-0.39, 0.29) is 25.1 Å². The van der Waals surface area contributed by atoms with Crippen LogP contribution in [0, 0.1) is 5.92 Å². The number of unbranched alkanes of at least 4 members (excludes halogenated alkanes) is 4. The SMILES string of the molecule is NC(=O)[C@@H]1C[C@@H](OC(=O)N2Cc3ccccc3C2)CN1C(=O)C(/C=N/C(=O)O[C@@H]1CCOC1)CCCCCCC[C@@H]1CN1C(=O)O. The number of primary amides is 1. The molecule has 0 spiro atoms. The number of hydrogen-bond donors (Lipinski definition) is 2. The van der Waals surface area contributed by atoms with Crippen LogP contribution in [0.4, 0.5) is 14.4 Å². The monoisotopic (exact) mass is 641 g/mol. The maximum absolute atomic E-state index is 13.8. The number of nitrogens with two attached hydrogens (primary N) is 1. The zero-order valence-electron chi connectivity index (χ0n) is 26.0. The summed E-state index contributed by atoms with van der Waals surface area (Å²) in [4.78, 5) is 70.9. The smallest absolute Gasteiger partial charge is 0.433 e. The number of benzene rings is 1. The fraction of sp³-hybridized carbons (Fsp3) is 0.625. The molecule has 5 rings (SSSR count). The summed E-state index contributed by atoms with van der Waals surface area (Å²) in [5, 5.41) is 9.00. The number of aliphatic imine (C=N–C) groups is 1. The lowest BCUT2D eigenvalue weighted by Gasteiger charge is -2.25. The molecule has 0 aliphatic carbocycles. The minimum absolute atomic E-state index is 0.00168. The van der Waals surface area contributed by atoms with Crippen molar-refractivity contribution in [2.24, 2.45) is 16.6 Å². The van der Waals surface area contributed by atoms with Crippen LogP contribution < -0.4 is 5.73 Å². The van der Waals surface area contributed by atoms with Crippen molar-refractivity contribution in [3.63, 3.8) is 0 Å². The lowest BCUT2D eigenvalue weighted by atomic mass is 9.99. The Morgan fingerprint density at radius 2 is 1.70 bits per heavy atom. The van der Waals surface area contributed by atoms with E-state index in [1.54, 1.807) is 4.90 Å². The lowest BCUT2D eigenvalue weighted by molar-refractivity contribution is -0.139. The quantitative estimate of drug-likeness (QED) is 0.186. The van der Waals surface area contributed by atoms with Crippen LogP contribution in [0.2, 0.25) is 0 Å². The maximum atomic E-state index is 13.8. The second-order valence-electron chi connectivity index (χ2n) is 12.5. The molecule has 46 heavy (non-hydrogen) atoms. The molecule has 3 N–H and O–H groups in total. The molecule has 14 nitrogen and oxygen atoms in total. The van der Waals surface area contributed by atoms with Crippen molar-refractivity contribution in [2.45, 2.75) is 95.2 Å². The first-order valence-electron chi connectivity index (χ1n) is 16.1. The van der Waals surface area contributed by atoms with Gasteiger partial charge in [0.25, 0.3) is 0 Å². The number of fused-ring (bicyclic) bond motifs is 1. The number of rotatable bonds is 13. The predicted octanol–water partition coefficient (Wildman–Crippen LogP) is 3.30. The summed E-state index contributed by atoms with van der Waals surface area (Å²) < 4.78 is 16.3. The van der Waals surface area contributed by atoms with Crippen molar-refractivity contribution in [2.75, 3.05) is 26.3 Å². The Morgan fingerprint density at radius 1 is 0.978 bits per heavy atom. The zero-order valence-corrected chi connectivity index (χ0v) is 26.0. The number of amides is 5. The summed E-state index contributed by atoms with van der Waals surface area (Å²) in [6.45, 7) is 2.25. The Bertz CT molecular complexity index is 1290. The number of carboxylic acid groups (broad SMARTS) is 1. The lowest BCUT2D eigenvalue weighted by Crippen LogP contribution is -2.46. The fourth-order valence-electron chi connectivity index (χ4n) is 6.42. The fourth-order valence-corrected chi connectivity index (χ4v) is 6.42. The maximum Gasteiger partial charge on any atom is 0.433 e. The van der Waals surface area contributed by atoms with Gasteiger partial charge in [0.2, 0.25) is 11.8 Å². The van der Waals surface area contributed by atoms with Crippen LogP contribution in [-0.4, -0.2) is 107 Å². The first kappa shape index (κ1) is 33.2. The van der Waals surface area contributed by atoms with E-state index in [1.807, 2.05) is 24.3 Å². The first-order valence-corrected chi connectivity index (χ1v) is 16.1. The van der Waals surface area contributed by atoms with E-state index in [1.165, 1.54) is 16.0 Å². The third kappa shape index (κ3) is 8.74. The van der Waals surface area contributed by atoms with Crippen molar-refractivity contribution in [3.8, 4) is 0 Å². The van der Waals surface area contributed by atoms with E-state index in [0.29, 0.717) is 52.1 Å². The second-order valence-corrected chi connectivity index (χ2v) is 12.5. The highest BCUT2D eigenvalue weighted by Gasteiger charge is 2.43. The van der Waals surface area contributed by atoms with Crippen molar-refractivity contribution in [3.05, 3.63) is 35.4 Å². The van der Waals surface area contributed by atoms with E-state index in [9.17, 15) is 24.0 Å². The molecular formula is C32H43N5O9. The van der Waals surface area contributed by atoms with Gasteiger partial charge in [-0.2, -0.15) is 4.99 Å². The molecule has 0 radical (unpaired) electrons. The largest absolute Gasteiger partial charge is 0.465 e. The molecule has 1 aromatic carbocycles. The Balaban J connectivity index is 1.15. The zero-order chi connectivity index (χ0) is 32.6. The Kier molecular flexibility index (Phi) is 11.1. The highest BCUT2D eigenvalue weighted by molar-refractivity contribution is 5.98. The van der Waals surface area contributed by atoms with Crippen LogP contribution in [0.1, 0.15) is 68.9 Å². The highest BCUT2D eigenvalue weighted by atomic mass is 16.6. The van der Waals surface area contributed by atoms with Crippen LogP contribution >= 0.6 is 0 Å². The molecule has 0 saturated carbocycles. The molecule has 5 amide bonds. The Hall–Kier alpha value is -4.20. The highest BCUT2D eigenvalue weighted by Crippen LogP contribution is 2.28. The normalized spacial score (nSPS) is 24.2. The number of nitrogens with zero attached hydrogens (tertiary/aromatic N) is 4. The van der Waals surface area contributed by atoms with Gasteiger partial charge < -0.3 is 34.9 Å². The number of ether oxygens (including phenoxy) is 3. The standard InChI is InChI=1S/C32H43N5O9/c33-28(38)27-14-26(46-32(43)35-16-22-9-6-7-10-23(22)17-35)19-37(27)29(39)21(15-34-30(40)45-25-12-13-44-20-25)8-4-2-1-3-5-11-24-18-36(24)31(41)42/h6-7,9-10,15,21,24-27H,1-5,8,11-14,16-20H2,(H2,33,38)(H,41,42)/b34-15+/t21?,24-,25-,26-,27+,36?/m1/s1. The van der Waals surface area contributed by atoms with E-state index < -0.39 is 48.2 Å². The van der Waals surface area contributed by atoms with Gasteiger partial charge >= 0.3 is 18.3 Å². The van der Waals surface area contributed by atoms with Gasteiger partial charge in [-0.1, -0.05) is 56.4 Å². The average Bonchev–Trinajstić information content (AvgIpc) is 3.35. The van der Waals surface area contributed by atoms with Crippen LogP contribution in [-0.2, 0) is 36.9 Å². The minimum atomic E-state index is -0.965. The van der Waals surface area contributed by atoms with E-state index in [0.717, 1.165) is 43.2 Å². The van der Waals surface area contributed by atoms with Gasteiger partial charge in [0, 0.05) is 38.7 Å². The molecule has 250 valence electrons. The molecule has 5 atom stereocenters. The molecule has 0 aromatic heterocycles. The van der Waals surface area contributed by atoms with Crippen molar-refractivity contribution < 1.29 is 43.3 Å². The van der Waals surface area contributed by atoms with Gasteiger partial charge in [0.1, 0.15) is 18.2 Å². The molecule has 1 aromatic rings. The third-order valence-electron chi connectivity index (χ3n) is 9.09. The molecule has 4 heterocycles. The van der Waals surface area contributed by atoms with Gasteiger partial charge in [0.15, 0.2) is 0 Å². The molecule has 3 saturated heterocycles. The second kappa shape index (κ2) is 15.4. The summed E-state index contributed by atoms with van der Waals surface area (Å²) in [6, 6.07) is 6.92. The van der Waals surface area contributed by atoms with Crippen LogP contribution in [0.25, 0.3) is 0 Å². The number of carbonyl (C=O) groups excluding carboxylic acids is 4. The van der Waals surface area contributed by atoms with Gasteiger partial charge in [-0.25, -0.2) is 14.4 Å². The number of likely N-dealkylation sites (tertiary alicyclic amines) is 1. The minimum Gasteiger partial charge on any atom is -0.465 e. The molecule has 1 unspecified atom stereocenters.